The number of nitrogens with one attached hydrogen (secondary N) is 1. The molecule has 0 spiro atoms. The molecule has 0 radical (unpaired) electrons. The van der Waals surface area contributed by atoms with Crippen LogP contribution in [0.3, 0.4) is 0 Å². The minimum atomic E-state index is 0.699. The first-order chi connectivity index (χ1) is 8.31. The van der Waals surface area contributed by atoms with Crippen molar-refractivity contribution in [3.63, 3.8) is 0 Å². The predicted octanol–water partition coefficient (Wildman–Crippen LogP) is 3.04. The van der Waals surface area contributed by atoms with Gasteiger partial charge in [-0.3, -0.25) is 0 Å². The van der Waals surface area contributed by atoms with Crippen molar-refractivity contribution >= 4 is 6.20 Å². The summed E-state index contributed by atoms with van der Waals surface area (Å²) in [6.45, 7) is 6.93. The molecule has 1 heterocycles. The minimum Gasteiger partial charge on any atom is -0.310 e. The van der Waals surface area contributed by atoms with Gasteiger partial charge in [-0.15, -0.1) is 0 Å². The van der Waals surface area contributed by atoms with Crippen molar-refractivity contribution < 1.29 is 0 Å². The lowest BCUT2D eigenvalue weighted by atomic mass is 9.84. The number of nitrogens with zero attached hydrogens (tertiary/aromatic N) is 2. The lowest BCUT2D eigenvalue weighted by molar-refractivity contribution is 0.285. The Labute approximate surface area is 104 Å². The molecular weight excluding hydrogens is 210 g/mol. The van der Waals surface area contributed by atoms with Gasteiger partial charge in [0.1, 0.15) is 0 Å². The summed E-state index contributed by atoms with van der Waals surface area (Å²) in [7, 11) is 0. The molecule has 0 bridgehead atoms. The van der Waals surface area contributed by atoms with Crippen molar-refractivity contribution in [1.29, 1.82) is 0 Å². The minimum absolute atomic E-state index is 0.699. The fourth-order valence-corrected chi connectivity index (χ4v) is 2.61. The molecule has 0 unspecified atom stereocenters. The average Bonchev–Trinajstić information content (AvgIpc) is 2.85. The van der Waals surface area contributed by atoms with E-state index in [9.17, 15) is 0 Å². The zero-order chi connectivity index (χ0) is 12.1. The fourth-order valence-electron chi connectivity index (χ4n) is 2.61. The van der Waals surface area contributed by atoms with Crippen LogP contribution in [0.4, 0.5) is 0 Å². The molecule has 2 rings (SSSR count). The first kappa shape index (κ1) is 12.4. The van der Waals surface area contributed by atoms with Gasteiger partial charge in [-0.25, -0.2) is 4.68 Å². The summed E-state index contributed by atoms with van der Waals surface area (Å²) in [6.07, 6.45) is 12.4. The van der Waals surface area contributed by atoms with Crippen LogP contribution in [0, 0.1) is 5.92 Å². The van der Waals surface area contributed by atoms with Crippen molar-refractivity contribution in [1.82, 2.24) is 15.1 Å². The van der Waals surface area contributed by atoms with Crippen molar-refractivity contribution in [2.75, 3.05) is 0 Å². The van der Waals surface area contributed by atoms with E-state index in [0.717, 1.165) is 12.5 Å². The molecule has 0 atom stereocenters. The van der Waals surface area contributed by atoms with Gasteiger partial charge in [-0.1, -0.05) is 19.9 Å². The molecule has 1 aromatic heterocycles. The molecule has 17 heavy (non-hydrogen) atoms. The zero-order valence-corrected chi connectivity index (χ0v) is 10.7. The number of aromatic nitrogens is 2. The Hall–Kier alpha value is -1.09. The molecule has 1 saturated carbocycles. The summed E-state index contributed by atoms with van der Waals surface area (Å²) < 4.78 is 1.75. The maximum Gasteiger partial charge on any atom is 0.0538 e. The summed E-state index contributed by atoms with van der Waals surface area (Å²) in [4.78, 5) is 0. The van der Waals surface area contributed by atoms with E-state index in [1.807, 2.05) is 12.4 Å². The Morgan fingerprint density at radius 3 is 2.82 bits per heavy atom. The highest BCUT2D eigenvalue weighted by Gasteiger charge is 2.19. The second-order valence-corrected chi connectivity index (χ2v) is 5.02. The van der Waals surface area contributed by atoms with E-state index in [1.165, 1.54) is 37.7 Å². The Morgan fingerprint density at radius 2 is 2.24 bits per heavy atom. The van der Waals surface area contributed by atoms with E-state index >= 15 is 0 Å². The van der Waals surface area contributed by atoms with Crippen molar-refractivity contribution in [2.24, 2.45) is 5.92 Å². The Balaban J connectivity index is 1.73. The molecule has 1 aliphatic carbocycles. The maximum absolute atomic E-state index is 4.18. The van der Waals surface area contributed by atoms with Crippen LogP contribution in [-0.4, -0.2) is 15.8 Å². The number of rotatable bonds is 5. The van der Waals surface area contributed by atoms with Gasteiger partial charge in [0.15, 0.2) is 0 Å². The van der Waals surface area contributed by atoms with Gasteiger partial charge in [0.05, 0.1) is 6.20 Å². The van der Waals surface area contributed by atoms with Crippen molar-refractivity contribution in [3.05, 3.63) is 24.5 Å². The lowest BCUT2D eigenvalue weighted by Gasteiger charge is -2.28. The molecule has 0 amide bonds. The molecular formula is C14H23N3. The van der Waals surface area contributed by atoms with Crippen molar-refractivity contribution in [3.8, 4) is 0 Å². The molecule has 1 N–H and O–H groups in total. The van der Waals surface area contributed by atoms with Gasteiger partial charge in [-0.05, 0) is 31.6 Å². The molecule has 3 heteroatoms. The Morgan fingerprint density at radius 1 is 1.47 bits per heavy atom. The monoisotopic (exact) mass is 233 g/mol. The summed E-state index contributed by atoms with van der Waals surface area (Å²) in [6, 6.07) is 0.699. The smallest absolute Gasteiger partial charge is 0.0538 e. The molecule has 0 aromatic carbocycles. The standard InChI is InChI=1S/C14H23N3/c1-3-12-5-7-14(8-6-12)15-9-13-10-16-17(4-2)11-13/h4,10-12,14-15H,2-3,5-9H2,1H3. The lowest BCUT2D eigenvalue weighted by Crippen LogP contribution is -2.32. The van der Waals surface area contributed by atoms with E-state index in [2.05, 4.69) is 23.9 Å². The van der Waals surface area contributed by atoms with Crippen LogP contribution in [0.15, 0.2) is 19.0 Å². The molecule has 1 fully saturated rings. The maximum atomic E-state index is 4.18. The molecule has 94 valence electrons. The zero-order valence-electron chi connectivity index (χ0n) is 10.7. The SMILES string of the molecule is C=Cn1cc(CNC2CCC(CC)CC2)cn1. The normalized spacial score (nSPS) is 24.8. The van der Waals surface area contributed by atoms with E-state index in [-0.39, 0.29) is 0 Å². The predicted molar refractivity (Wildman–Crippen MR) is 71.5 cm³/mol. The number of hydrogen-bond donors (Lipinski definition) is 1. The first-order valence-electron chi connectivity index (χ1n) is 6.70. The second kappa shape index (κ2) is 6.01. The van der Waals surface area contributed by atoms with Crippen LogP contribution in [-0.2, 0) is 6.54 Å². The third kappa shape index (κ3) is 3.43. The Kier molecular flexibility index (Phi) is 4.37. The summed E-state index contributed by atoms with van der Waals surface area (Å²) in [5.41, 5.74) is 1.24. The van der Waals surface area contributed by atoms with Gasteiger partial charge >= 0.3 is 0 Å². The van der Waals surface area contributed by atoms with E-state index < -0.39 is 0 Å². The summed E-state index contributed by atoms with van der Waals surface area (Å²) >= 11 is 0. The highest BCUT2D eigenvalue weighted by Crippen LogP contribution is 2.26. The van der Waals surface area contributed by atoms with Gasteiger partial charge in [0.25, 0.3) is 0 Å². The van der Waals surface area contributed by atoms with E-state index in [0.29, 0.717) is 6.04 Å². The summed E-state index contributed by atoms with van der Waals surface area (Å²) in [5, 5.41) is 7.81. The second-order valence-electron chi connectivity index (χ2n) is 5.02. The van der Waals surface area contributed by atoms with Gasteiger partial charge in [0.2, 0.25) is 0 Å². The van der Waals surface area contributed by atoms with Crippen LogP contribution < -0.4 is 5.32 Å². The van der Waals surface area contributed by atoms with E-state index in [4.69, 9.17) is 0 Å². The topological polar surface area (TPSA) is 29.9 Å². The highest BCUT2D eigenvalue weighted by molar-refractivity contribution is 5.17. The molecule has 1 aromatic rings. The van der Waals surface area contributed by atoms with Crippen LogP contribution in [0.1, 0.15) is 44.6 Å². The molecule has 3 nitrogen and oxygen atoms in total. The third-order valence-corrected chi connectivity index (χ3v) is 3.86. The average molecular weight is 233 g/mol. The molecule has 1 aliphatic rings. The first-order valence-corrected chi connectivity index (χ1v) is 6.70. The summed E-state index contributed by atoms with van der Waals surface area (Å²) in [5.74, 6) is 0.969. The van der Waals surface area contributed by atoms with E-state index in [1.54, 1.807) is 10.9 Å². The molecule has 0 saturated heterocycles. The molecule has 0 aliphatic heterocycles. The van der Waals surface area contributed by atoms with Crippen LogP contribution in [0.25, 0.3) is 6.20 Å². The largest absolute Gasteiger partial charge is 0.310 e. The number of hydrogen-bond acceptors (Lipinski definition) is 2. The van der Waals surface area contributed by atoms with Crippen LogP contribution in [0.2, 0.25) is 0 Å². The Bertz CT molecular complexity index is 348. The van der Waals surface area contributed by atoms with Crippen LogP contribution in [0.5, 0.6) is 0 Å². The van der Waals surface area contributed by atoms with Crippen LogP contribution >= 0.6 is 0 Å². The van der Waals surface area contributed by atoms with Gasteiger partial charge in [-0.2, -0.15) is 5.10 Å². The van der Waals surface area contributed by atoms with Gasteiger partial charge < -0.3 is 5.32 Å². The fraction of sp³-hybridized carbons (Fsp3) is 0.643. The van der Waals surface area contributed by atoms with Crippen molar-refractivity contribution in [2.45, 2.75) is 51.6 Å². The van der Waals surface area contributed by atoms with Gasteiger partial charge in [0, 0.05) is 30.5 Å². The third-order valence-electron chi connectivity index (χ3n) is 3.86. The quantitative estimate of drug-likeness (QED) is 0.847. The highest BCUT2D eigenvalue weighted by atomic mass is 15.2.